The maximum Gasteiger partial charge on any atom is 0.193 e. The van der Waals surface area contributed by atoms with Gasteiger partial charge < -0.3 is 4.74 Å². The Morgan fingerprint density at radius 1 is 1.06 bits per heavy atom. The molecule has 0 radical (unpaired) electrons. The summed E-state index contributed by atoms with van der Waals surface area (Å²) in [5.74, 6) is -2.37. The van der Waals surface area contributed by atoms with E-state index in [1.54, 1.807) is 12.1 Å². The van der Waals surface area contributed by atoms with Gasteiger partial charge >= 0.3 is 0 Å². The number of aromatic nitrogens is 1. The third-order valence-electron chi connectivity index (χ3n) is 6.49. The first kappa shape index (κ1) is 21.2. The van der Waals surface area contributed by atoms with E-state index < -0.39 is 11.6 Å². The van der Waals surface area contributed by atoms with E-state index in [1.807, 2.05) is 24.5 Å². The van der Waals surface area contributed by atoms with E-state index in [1.165, 1.54) is 17.2 Å². The quantitative estimate of drug-likeness (QED) is 0.452. The van der Waals surface area contributed by atoms with Gasteiger partial charge in [-0.1, -0.05) is 12.1 Å². The molecule has 0 atom stereocenters. The Morgan fingerprint density at radius 2 is 1.81 bits per heavy atom. The fraction of sp³-hybridized carbons (Fsp3) is 0.280. The predicted octanol–water partition coefficient (Wildman–Crippen LogP) is 4.90. The van der Waals surface area contributed by atoms with Crippen LogP contribution in [-0.2, 0) is 23.5 Å². The number of pyridine rings is 1. The fourth-order valence-corrected chi connectivity index (χ4v) is 4.91. The molecule has 3 heterocycles. The van der Waals surface area contributed by atoms with E-state index in [2.05, 4.69) is 22.5 Å². The second-order valence-electron chi connectivity index (χ2n) is 8.39. The van der Waals surface area contributed by atoms with Crippen LogP contribution in [0.5, 0.6) is 0 Å². The number of ketones is 1. The Labute approximate surface area is 190 Å². The van der Waals surface area contributed by atoms with Crippen LogP contribution < -0.4 is 0 Å². The number of fused-ring (bicyclic) bond motifs is 2. The number of ether oxygens (including phenoxy) is 1. The number of hydrogen-bond acceptors (Lipinski definition) is 5. The summed E-state index contributed by atoms with van der Waals surface area (Å²) < 4.78 is 32.9. The Balaban J connectivity index is 1.26. The van der Waals surface area contributed by atoms with Crippen LogP contribution in [0.15, 0.2) is 59.8 Å². The topological polar surface area (TPSA) is 42.4 Å². The van der Waals surface area contributed by atoms with Gasteiger partial charge in [-0.3, -0.25) is 14.7 Å². The van der Waals surface area contributed by atoms with E-state index in [9.17, 15) is 13.6 Å². The van der Waals surface area contributed by atoms with Crippen molar-refractivity contribution in [1.29, 1.82) is 0 Å². The number of hydrogen-bond donors (Lipinski definition) is 1. The summed E-state index contributed by atoms with van der Waals surface area (Å²) >= 11 is 4.58. The summed E-state index contributed by atoms with van der Waals surface area (Å²) in [4.78, 5) is 20.0. The molecule has 4 nitrogen and oxygen atoms in total. The highest BCUT2D eigenvalue weighted by Gasteiger charge is 2.42. The van der Waals surface area contributed by atoms with Crippen molar-refractivity contribution in [3.8, 4) is 0 Å². The van der Waals surface area contributed by atoms with E-state index in [-0.39, 0.29) is 16.9 Å². The Kier molecular flexibility index (Phi) is 5.57. The van der Waals surface area contributed by atoms with E-state index in [0.717, 1.165) is 43.6 Å². The van der Waals surface area contributed by atoms with Crippen LogP contribution in [0.1, 0.15) is 45.5 Å². The van der Waals surface area contributed by atoms with Gasteiger partial charge in [0.15, 0.2) is 17.4 Å². The molecule has 0 aliphatic carbocycles. The van der Waals surface area contributed by atoms with Crippen molar-refractivity contribution in [3.05, 3.63) is 94.3 Å². The van der Waals surface area contributed by atoms with Gasteiger partial charge in [-0.25, -0.2) is 8.78 Å². The molecule has 0 saturated carbocycles. The second-order valence-corrected chi connectivity index (χ2v) is 8.88. The summed E-state index contributed by atoms with van der Waals surface area (Å²) in [6.45, 7) is 3.13. The molecule has 1 spiro atoms. The molecule has 2 aromatic carbocycles. The number of nitrogens with zero attached hydrogens (tertiary/aromatic N) is 2. The van der Waals surface area contributed by atoms with Crippen molar-refractivity contribution in [2.24, 2.45) is 0 Å². The lowest BCUT2D eigenvalue weighted by atomic mass is 9.84. The number of benzene rings is 2. The van der Waals surface area contributed by atoms with Gasteiger partial charge in [0.05, 0.1) is 12.2 Å². The first-order valence-corrected chi connectivity index (χ1v) is 11.0. The van der Waals surface area contributed by atoms with Crippen molar-refractivity contribution in [2.75, 3.05) is 13.1 Å². The van der Waals surface area contributed by atoms with Crippen molar-refractivity contribution < 1.29 is 18.3 Å². The maximum absolute atomic E-state index is 13.5. The second kappa shape index (κ2) is 8.39. The summed E-state index contributed by atoms with van der Waals surface area (Å²) in [7, 11) is 0. The number of carbonyl (C=O) groups excluding carboxylic acids is 1. The lowest BCUT2D eigenvalue weighted by Gasteiger charge is -2.39. The molecule has 2 aliphatic heterocycles. The minimum Gasteiger partial charge on any atom is -0.365 e. The largest absolute Gasteiger partial charge is 0.365 e. The molecule has 164 valence electrons. The highest BCUT2D eigenvalue weighted by Crippen LogP contribution is 2.43. The van der Waals surface area contributed by atoms with Gasteiger partial charge in [0, 0.05) is 53.6 Å². The third-order valence-corrected chi connectivity index (χ3v) is 6.91. The summed E-state index contributed by atoms with van der Waals surface area (Å²) in [6.07, 6.45) is 5.55. The lowest BCUT2D eigenvalue weighted by molar-refractivity contribution is -0.0801. The van der Waals surface area contributed by atoms with Crippen LogP contribution in [0, 0.1) is 11.6 Å². The summed E-state index contributed by atoms with van der Waals surface area (Å²) in [5.41, 5.74) is 3.73. The summed E-state index contributed by atoms with van der Waals surface area (Å²) in [5, 5.41) is 0. The number of likely N-dealkylation sites (tertiary alicyclic amines) is 1. The van der Waals surface area contributed by atoms with Gasteiger partial charge in [-0.15, -0.1) is 12.6 Å². The Bertz CT molecular complexity index is 1190. The molecule has 0 bridgehead atoms. The number of piperidine rings is 1. The molecule has 0 amide bonds. The van der Waals surface area contributed by atoms with Gasteiger partial charge in [-0.05, 0) is 54.3 Å². The Hall–Kier alpha value is -2.61. The lowest BCUT2D eigenvalue weighted by Crippen LogP contribution is -2.42. The van der Waals surface area contributed by atoms with Crippen LogP contribution in [0.25, 0.3) is 0 Å². The van der Waals surface area contributed by atoms with Crippen molar-refractivity contribution >= 4 is 18.4 Å². The molecule has 7 heteroatoms. The van der Waals surface area contributed by atoms with Crippen molar-refractivity contribution in [1.82, 2.24) is 9.88 Å². The molecule has 5 rings (SSSR count). The number of halogens is 2. The van der Waals surface area contributed by atoms with Crippen molar-refractivity contribution in [3.63, 3.8) is 0 Å². The van der Waals surface area contributed by atoms with Gasteiger partial charge in [0.2, 0.25) is 0 Å². The average molecular weight is 453 g/mol. The fourth-order valence-electron chi connectivity index (χ4n) is 4.62. The molecule has 32 heavy (non-hydrogen) atoms. The standard InChI is InChI=1S/C25H22F2N2O2S/c26-21-4-3-16(11-22(21)27)24(30)17-1-2-18(23(32)12-17)14-29-9-6-25(7-10-29)20-13-28-8-5-19(20)15-31-25/h1-5,8,11-13,32H,6-7,9-10,14-15H2. The summed E-state index contributed by atoms with van der Waals surface area (Å²) in [6, 6.07) is 10.5. The van der Waals surface area contributed by atoms with E-state index >= 15 is 0 Å². The smallest absolute Gasteiger partial charge is 0.193 e. The average Bonchev–Trinajstić information content (AvgIpc) is 3.16. The van der Waals surface area contributed by atoms with Crippen LogP contribution >= 0.6 is 12.6 Å². The Morgan fingerprint density at radius 3 is 2.56 bits per heavy atom. The SMILES string of the molecule is O=C(c1ccc(F)c(F)c1)c1ccc(CN2CCC3(CC2)OCc2ccncc23)c(S)c1. The minimum atomic E-state index is -1.04. The van der Waals surface area contributed by atoms with Crippen LogP contribution in [0.3, 0.4) is 0 Å². The van der Waals surface area contributed by atoms with Crippen LogP contribution in [0.4, 0.5) is 8.78 Å². The minimum absolute atomic E-state index is 0.108. The number of rotatable bonds is 4. The van der Waals surface area contributed by atoms with E-state index in [0.29, 0.717) is 23.6 Å². The molecule has 1 fully saturated rings. The molecule has 2 aliphatic rings. The van der Waals surface area contributed by atoms with Crippen LogP contribution in [0.2, 0.25) is 0 Å². The van der Waals surface area contributed by atoms with Crippen LogP contribution in [-0.4, -0.2) is 28.8 Å². The zero-order chi connectivity index (χ0) is 22.3. The highest BCUT2D eigenvalue weighted by atomic mass is 32.1. The first-order valence-electron chi connectivity index (χ1n) is 10.6. The van der Waals surface area contributed by atoms with Gasteiger partial charge in [0.25, 0.3) is 0 Å². The number of carbonyl (C=O) groups is 1. The van der Waals surface area contributed by atoms with Crippen molar-refractivity contribution in [2.45, 2.75) is 36.5 Å². The molecule has 0 unspecified atom stereocenters. The number of thiol groups is 1. The molecule has 3 aromatic rings. The van der Waals surface area contributed by atoms with E-state index in [4.69, 9.17) is 4.74 Å². The molecular formula is C25H22F2N2O2S. The zero-order valence-corrected chi connectivity index (χ0v) is 18.2. The highest BCUT2D eigenvalue weighted by molar-refractivity contribution is 7.80. The monoisotopic (exact) mass is 452 g/mol. The molecular weight excluding hydrogens is 430 g/mol. The molecule has 1 saturated heterocycles. The third kappa shape index (κ3) is 3.85. The zero-order valence-electron chi connectivity index (χ0n) is 17.4. The normalized spacial score (nSPS) is 17.5. The molecule has 0 N–H and O–H groups in total. The molecule has 1 aromatic heterocycles. The predicted molar refractivity (Wildman–Crippen MR) is 119 cm³/mol. The van der Waals surface area contributed by atoms with Gasteiger partial charge in [0.1, 0.15) is 0 Å². The van der Waals surface area contributed by atoms with Gasteiger partial charge in [-0.2, -0.15) is 0 Å². The maximum atomic E-state index is 13.5. The first-order chi connectivity index (χ1) is 15.4.